The first-order valence-electron chi connectivity index (χ1n) is 5.92. The lowest BCUT2D eigenvalue weighted by Crippen LogP contribution is -2.20. The van der Waals surface area contributed by atoms with Crippen LogP contribution in [0.2, 0.25) is 10.0 Å². The molecule has 1 N–H and O–H groups in total. The molecule has 3 rings (SSSR count). The number of H-pyrrole nitrogens is 1. The summed E-state index contributed by atoms with van der Waals surface area (Å²) in [4.78, 5) is 3.20. The number of benzene rings is 1. The third-order valence-corrected chi connectivity index (χ3v) is 6.96. The van der Waals surface area contributed by atoms with E-state index in [0.717, 1.165) is 22.3 Å². The molecule has 0 radical (unpaired) electrons. The van der Waals surface area contributed by atoms with Crippen LogP contribution in [0.25, 0.3) is 11.0 Å². The summed E-state index contributed by atoms with van der Waals surface area (Å²) in [6, 6.07) is 3.74. The molecule has 1 aliphatic rings. The van der Waals surface area contributed by atoms with Gasteiger partial charge in [-0.3, -0.25) is 0 Å². The number of aromatic amines is 1. The maximum atomic E-state index is 6.11. The summed E-state index contributed by atoms with van der Waals surface area (Å²) in [7, 11) is 0. The average molecular weight is 351 g/mol. The van der Waals surface area contributed by atoms with Crippen LogP contribution in [0, 0.1) is 4.77 Å². The molecule has 102 valence electrons. The van der Waals surface area contributed by atoms with Crippen LogP contribution in [0.4, 0.5) is 0 Å². The van der Waals surface area contributed by atoms with E-state index in [0.29, 0.717) is 15.3 Å². The zero-order chi connectivity index (χ0) is 13.4. The van der Waals surface area contributed by atoms with Gasteiger partial charge >= 0.3 is 0 Å². The number of hydrogen-bond acceptors (Lipinski definition) is 3. The number of nitrogens with zero attached hydrogens (tertiary/aromatic N) is 1. The summed E-state index contributed by atoms with van der Waals surface area (Å²) in [5.41, 5.74) is 1.99. The smallest absolute Gasteiger partial charge is 0.178 e. The van der Waals surface area contributed by atoms with E-state index in [4.69, 9.17) is 35.4 Å². The number of nitrogens with one attached hydrogen (secondary N) is 1. The summed E-state index contributed by atoms with van der Waals surface area (Å²) in [5.74, 6) is 3.65. The van der Waals surface area contributed by atoms with Gasteiger partial charge in [-0.15, -0.1) is 0 Å². The topological polar surface area (TPSA) is 20.7 Å². The monoisotopic (exact) mass is 350 g/mol. The lowest BCUT2D eigenvalue weighted by Gasteiger charge is -2.21. The van der Waals surface area contributed by atoms with Crippen molar-refractivity contribution in [3.05, 3.63) is 26.9 Å². The largest absolute Gasteiger partial charge is 0.331 e. The van der Waals surface area contributed by atoms with E-state index in [1.54, 1.807) is 0 Å². The number of halogens is 2. The molecule has 0 saturated carbocycles. The van der Waals surface area contributed by atoms with Gasteiger partial charge in [0.15, 0.2) is 4.77 Å². The molecule has 1 aromatic heterocycles. The molecule has 1 atom stereocenters. The van der Waals surface area contributed by atoms with Crippen molar-refractivity contribution in [1.29, 1.82) is 0 Å². The van der Waals surface area contributed by atoms with Gasteiger partial charge < -0.3 is 9.55 Å². The Labute approximate surface area is 135 Å². The van der Waals surface area contributed by atoms with Gasteiger partial charge in [0.25, 0.3) is 0 Å². The summed E-state index contributed by atoms with van der Waals surface area (Å²) < 4.78 is 2.88. The van der Waals surface area contributed by atoms with Gasteiger partial charge in [-0.05, 0) is 24.4 Å². The Bertz CT molecular complexity index is 659. The van der Waals surface area contributed by atoms with Crippen molar-refractivity contribution < 1.29 is 0 Å². The highest BCUT2D eigenvalue weighted by molar-refractivity contribution is 8.06. The molecule has 2 nitrogen and oxygen atoms in total. The van der Waals surface area contributed by atoms with Crippen molar-refractivity contribution in [2.24, 2.45) is 0 Å². The van der Waals surface area contributed by atoms with Crippen molar-refractivity contribution in [2.75, 3.05) is 17.3 Å². The number of hydrogen-bond donors (Lipinski definition) is 1. The highest BCUT2D eigenvalue weighted by Crippen LogP contribution is 2.30. The van der Waals surface area contributed by atoms with Gasteiger partial charge in [0.1, 0.15) is 0 Å². The first kappa shape index (κ1) is 14.1. The molecule has 19 heavy (non-hydrogen) atoms. The van der Waals surface area contributed by atoms with Crippen LogP contribution in [0.3, 0.4) is 0 Å². The number of rotatable bonds is 2. The van der Waals surface area contributed by atoms with E-state index in [1.807, 2.05) is 35.7 Å². The molecular formula is C12H12Cl2N2S3. The van der Waals surface area contributed by atoms with E-state index in [-0.39, 0.29) is 0 Å². The summed E-state index contributed by atoms with van der Waals surface area (Å²) in [6.45, 7) is 0.925. The molecule has 1 fully saturated rings. The second kappa shape index (κ2) is 5.90. The van der Waals surface area contributed by atoms with E-state index < -0.39 is 0 Å². The molecule has 0 spiro atoms. The lowest BCUT2D eigenvalue weighted by molar-refractivity contribution is 0.705. The highest BCUT2D eigenvalue weighted by atomic mass is 35.5. The van der Waals surface area contributed by atoms with Crippen molar-refractivity contribution in [2.45, 2.75) is 11.8 Å². The van der Waals surface area contributed by atoms with Crippen LogP contribution in [-0.2, 0) is 6.54 Å². The van der Waals surface area contributed by atoms with Crippen LogP contribution in [-0.4, -0.2) is 32.1 Å². The van der Waals surface area contributed by atoms with Crippen LogP contribution >= 0.6 is 58.9 Å². The van der Waals surface area contributed by atoms with E-state index >= 15 is 0 Å². The number of aromatic nitrogens is 2. The van der Waals surface area contributed by atoms with Crippen LogP contribution in [0.15, 0.2) is 12.1 Å². The van der Waals surface area contributed by atoms with Crippen molar-refractivity contribution >= 4 is 70.0 Å². The van der Waals surface area contributed by atoms with Crippen molar-refractivity contribution in [1.82, 2.24) is 9.55 Å². The number of imidazole rings is 1. The molecule has 1 aliphatic heterocycles. The fourth-order valence-electron chi connectivity index (χ4n) is 2.18. The van der Waals surface area contributed by atoms with Gasteiger partial charge in [0, 0.05) is 29.1 Å². The highest BCUT2D eigenvalue weighted by Gasteiger charge is 2.17. The molecule has 0 aliphatic carbocycles. The maximum absolute atomic E-state index is 6.11. The fourth-order valence-corrected chi connectivity index (χ4v) is 5.44. The quantitative estimate of drug-likeness (QED) is 0.781. The van der Waals surface area contributed by atoms with Crippen molar-refractivity contribution in [3.8, 4) is 0 Å². The fraction of sp³-hybridized carbons (Fsp3) is 0.417. The Morgan fingerprint density at radius 3 is 2.84 bits per heavy atom. The predicted octanol–water partition coefficient (Wildman–Crippen LogP) is 4.85. The lowest BCUT2D eigenvalue weighted by atomic mass is 10.3. The predicted molar refractivity (Wildman–Crippen MR) is 90.7 cm³/mol. The normalized spacial score (nSPS) is 20.0. The first-order chi connectivity index (χ1) is 9.15. The molecule has 2 heterocycles. The Hall–Kier alpha value is 0.190. The minimum absolute atomic E-state index is 0.556. The molecule has 1 aromatic carbocycles. The van der Waals surface area contributed by atoms with Crippen LogP contribution < -0.4 is 0 Å². The molecule has 2 aromatic rings. The molecule has 7 heteroatoms. The molecule has 1 saturated heterocycles. The standard InChI is InChI=1S/C12H12Cl2N2S3/c13-8-3-10-11(4-9(8)14)16(12(17)15-10)5-7-6-18-1-2-19-7/h3-4,7H,1-2,5-6H2,(H,15,17). The zero-order valence-corrected chi connectivity index (χ0v) is 13.9. The van der Waals surface area contributed by atoms with Gasteiger partial charge in [-0.1, -0.05) is 23.2 Å². The number of thioether (sulfide) groups is 2. The summed E-state index contributed by atoms with van der Waals surface area (Å²) in [5, 5.41) is 1.74. The van der Waals surface area contributed by atoms with E-state index in [9.17, 15) is 0 Å². The van der Waals surface area contributed by atoms with Gasteiger partial charge in [-0.2, -0.15) is 23.5 Å². The molecule has 0 bridgehead atoms. The second-order valence-electron chi connectivity index (χ2n) is 4.39. The maximum Gasteiger partial charge on any atom is 0.178 e. The summed E-state index contributed by atoms with van der Waals surface area (Å²) >= 11 is 21.6. The average Bonchev–Trinajstić information content (AvgIpc) is 2.68. The Kier molecular flexibility index (Phi) is 4.39. The third kappa shape index (κ3) is 2.95. The molecule has 0 amide bonds. The van der Waals surface area contributed by atoms with Gasteiger partial charge in [0.2, 0.25) is 0 Å². The second-order valence-corrected chi connectivity index (χ2v) is 8.15. The minimum Gasteiger partial charge on any atom is -0.331 e. The Balaban J connectivity index is 2.00. The van der Waals surface area contributed by atoms with Crippen LogP contribution in [0.5, 0.6) is 0 Å². The minimum atomic E-state index is 0.556. The van der Waals surface area contributed by atoms with E-state index in [2.05, 4.69) is 9.55 Å². The Morgan fingerprint density at radius 2 is 2.11 bits per heavy atom. The zero-order valence-electron chi connectivity index (χ0n) is 9.99. The SMILES string of the molecule is S=c1[nH]c2cc(Cl)c(Cl)cc2n1CC1CSCCS1. The van der Waals surface area contributed by atoms with Crippen molar-refractivity contribution in [3.63, 3.8) is 0 Å². The molecule has 1 unspecified atom stereocenters. The molecular weight excluding hydrogens is 339 g/mol. The van der Waals surface area contributed by atoms with Gasteiger partial charge in [-0.25, -0.2) is 0 Å². The summed E-state index contributed by atoms with van der Waals surface area (Å²) in [6.07, 6.45) is 0. The number of fused-ring (bicyclic) bond motifs is 1. The first-order valence-corrected chi connectivity index (χ1v) is 9.29. The Morgan fingerprint density at radius 1 is 1.32 bits per heavy atom. The third-order valence-electron chi connectivity index (χ3n) is 3.09. The van der Waals surface area contributed by atoms with Gasteiger partial charge in [0.05, 0.1) is 21.1 Å². The van der Waals surface area contributed by atoms with E-state index in [1.165, 1.54) is 17.3 Å². The van der Waals surface area contributed by atoms with Crippen LogP contribution in [0.1, 0.15) is 0 Å².